The van der Waals surface area contributed by atoms with Crippen molar-refractivity contribution in [2.24, 2.45) is 5.73 Å². The van der Waals surface area contributed by atoms with Crippen molar-refractivity contribution in [3.8, 4) is 0 Å². The van der Waals surface area contributed by atoms with Crippen LogP contribution in [0.4, 0.5) is 0 Å². The van der Waals surface area contributed by atoms with Crippen LogP contribution in [0.3, 0.4) is 0 Å². The van der Waals surface area contributed by atoms with Crippen LogP contribution in [0.2, 0.25) is 0 Å². The van der Waals surface area contributed by atoms with Gasteiger partial charge in [0.1, 0.15) is 10.8 Å². The van der Waals surface area contributed by atoms with Gasteiger partial charge in [0.25, 0.3) is 0 Å². The van der Waals surface area contributed by atoms with Gasteiger partial charge in [0.2, 0.25) is 0 Å². The lowest BCUT2D eigenvalue weighted by molar-refractivity contribution is 0.595. The second-order valence-corrected chi connectivity index (χ2v) is 7.74. The molecule has 2 N–H and O–H groups in total. The van der Waals surface area contributed by atoms with Crippen LogP contribution in [-0.2, 0) is 22.0 Å². The van der Waals surface area contributed by atoms with E-state index in [0.29, 0.717) is 9.90 Å². The van der Waals surface area contributed by atoms with Gasteiger partial charge in [-0.1, -0.05) is 25.1 Å². The van der Waals surface area contributed by atoms with Gasteiger partial charge in [0.15, 0.2) is 9.84 Å². The average molecular weight is 310 g/mol. The molecular formula is C14H18N2O2S2. The minimum atomic E-state index is -3.34. The molecule has 4 nitrogen and oxygen atoms in total. The van der Waals surface area contributed by atoms with Gasteiger partial charge in [-0.3, -0.25) is 0 Å². The highest BCUT2D eigenvalue weighted by atomic mass is 32.2. The predicted molar refractivity (Wildman–Crippen MR) is 81.4 cm³/mol. The number of thiazole rings is 1. The molecule has 1 unspecified atom stereocenters. The quantitative estimate of drug-likeness (QED) is 0.921. The number of benzene rings is 1. The molecule has 2 rings (SSSR count). The molecule has 0 fully saturated rings. The summed E-state index contributed by atoms with van der Waals surface area (Å²) in [6.07, 6.45) is 0.763. The Labute approximate surface area is 123 Å². The zero-order chi connectivity index (χ0) is 14.8. The maximum absolute atomic E-state index is 12.3. The van der Waals surface area contributed by atoms with Crippen molar-refractivity contribution < 1.29 is 8.42 Å². The Morgan fingerprint density at radius 3 is 2.45 bits per heavy atom. The number of sulfone groups is 1. The third-order valence-electron chi connectivity index (χ3n) is 2.94. The first-order chi connectivity index (χ1) is 9.44. The molecule has 2 aromatic rings. The maximum atomic E-state index is 12.3. The lowest BCUT2D eigenvalue weighted by atomic mass is 10.2. The van der Waals surface area contributed by atoms with Crippen LogP contribution < -0.4 is 5.73 Å². The number of hydrogen-bond acceptors (Lipinski definition) is 5. The Hall–Kier alpha value is -1.24. The molecule has 0 aliphatic rings. The van der Waals surface area contributed by atoms with Crippen molar-refractivity contribution in [1.29, 1.82) is 0 Å². The Morgan fingerprint density at radius 1 is 1.30 bits per heavy atom. The van der Waals surface area contributed by atoms with Crippen LogP contribution >= 0.6 is 11.3 Å². The van der Waals surface area contributed by atoms with Crippen LogP contribution in [-0.4, -0.2) is 13.4 Å². The first kappa shape index (κ1) is 15.2. The van der Waals surface area contributed by atoms with Crippen molar-refractivity contribution in [2.75, 3.05) is 0 Å². The average Bonchev–Trinajstić information content (AvgIpc) is 2.82. The summed E-state index contributed by atoms with van der Waals surface area (Å²) in [5, 5.41) is 0.609. The monoisotopic (exact) mass is 310 g/mol. The summed E-state index contributed by atoms with van der Waals surface area (Å²) in [6.45, 7) is 3.89. The number of aryl methyl sites for hydroxylation is 1. The molecule has 108 valence electrons. The van der Waals surface area contributed by atoms with Crippen molar-refractivity contribution in [1.82, 2.24) is 4.98 Å². The Morgan fingerprint density at radius 2 is 1.95 bits per heavy atom. The van der Waals surface area contributed by atoms with E-state index in [-0.39, 0.29) is 11.8 Å². The second kappa shape index (κ2) is 6.03. The molecule has 1 aromatic carbocycles. The van der Waals surface area contributed by atoms with Crippen LogP contribution in [0.15, 0.2) is 35.2 Å². The van der Waals surface area contributed by atoms with E-state index in [1.54, 1.807) is 30.3 Å². The van der Waals surface area contributed by atoms with E-state index in [9.17, 15) is 8.42 Å². The molecule has 1 heterocycles. The first-order valence-corrected chi connectivity index (χ1v) is 8.92. The fraction of sp³-hybridized carbons (Fsp3) is 0.357. The van der Waals surface area contributed by atoms with Crippen LogP contribution in [0, 0.1) is 0 Å². The smallest absolute Gasteiger partial charge is 0.184 e. The molecule has 6 heteroatoms. The summed E-state index contributed by atoms with van der Waals surface area (Å²) in [6, 6.07) is 8.34. The fourth-order valence-corrected chi connectivity index (χ4v) is 4.69. The maximum Gasteiger partial charge on any atom is 0.184 e. The fourth-order valence-electron chi connectivity index (χ4n) is 1.96. The number of rotatable bonds is 5. The highest BCUT2D eigenvalue weighted by Gasteiger charge is 2.20. The van der Waals surface area contributed by atoms with Crippen molar-refractivity contribution in [3.05, 3.63) is 45.9 Å². The number of nitrogens with zero attached hydrogens (tertiary/aromatic N) is 1. The van der Waals surface area contributed by atoms with Crippen LogP contribution in [0.5, 0.6) is 0 Å². The predicted octanol–water partition coefficient (Wildman–Crippen LogP) is 2.70. The summed E-state index contributed by atoms with van der Waals surface area (Å²) >= 11 is 1.40. The first-order valence-electron chi connectivity index (χ1n) is 6.46. The highest BCUT2D eigenvalue weighted by molar-refractivity contribution is 7.90. The van der Waals surface area contributed by atoms with Gasteiger partial charge in [0.05, 0.1) is 10.6 Å². The van der Waals surface area contributed by atoms with Gasteiger partial charge >= 0.3 is 0 Å². The molecule has 0 saturated heterocycles. The van der Waals surface area contributed by atoms with Crippen molar-refractivity contribution in [3.63, 3.8) is 0 Å². The van der Waals surface area contributed by atoms with E-state index < -0.39 is 9.84 Å². The molecular weight excluding hydrogens is 292 g/mol. The van der Waals surface area contributed by atoms with Gasteiger partial charge in [-0.2, -0.15) is 0 Å². The van der Waals surface area contributed by atoms with E-state index in [4.69, 9.17) is 5.73 Å². The molecule has 0 radical (unpaired) electrons. The highest BCUT2D eigenvalue weighted by Crippen LogP contribution is 2.27. The number of hydrogen-bond donors (Lipinski definition) is 1. The minimum absolute atomic E-state index is 0.0681. The Balaban J connectivity index is 2.31. The minimum Gasteiger partial charge on any atom is -0.323 e. The molecule has 20 heavy (non-hydrogen) atoms. The molecule has 0 aliphatic carbocycles. The van der Waals surface area contributed by atoms with E-state index in [2.05, 4.69) is 4.98 Å². The zero-order valence-corrected chi connectivity index (χ0v) is 13.2. The van der Waals surface area contributed by atoms with E-state index in [1.165, 1.54) is 11.3 Å². The van der Waals surface area contributed by atoms with E-state index in [1.807, 2.05) is 13.8 Å². The second-order valence-electron chi connectivity index (χ2n) is 4.63. The van der Waals surface area contributed by atoms with Gasteiger partial charge in [-0.05, 0) is 25.5 Å². The number of aromatic nitrogens is 1. The van der Waals surface area contributed by atoms with Gasteiger partial charge in [-0.15, -0.1) is 11.3 Å². The summed E-state index contributed by atoms with van der Waals surface area (Å²) in [7, 11) is -3.34. The summed E-state index contributed by atoms with van der Waals surface area (Å²) in [5.41, 5.74) is 6.81. The molecule has 0 saturated carbocycles. The Kier molecular flexibility index (Phi) is 4.57. The molecule has 1 atom stereocenters. The van der Waals surface area contributed by atoms with Gasteiger partial charge < -0.3 is 5.73 Å². The van der Waals surface area contributed by atoms with Crippen molar-refractivity contribution >= 4 is 21.2 Å². The topological polar surface area (TPSA) is 73.0 Å². The normalized spacial score (nSPS) is 13.3. The molecule has 0 bridgehead atoms. The van der Waals surface area contributed by atoms with Crippen molar-refractivity contribution in [2.45, 2.75) is 37.0 Å². The summed E-state index contributed by atoms with van der Waals surface area (Å²) < 4.78 is 24.6. The SMILES string of the molecule is CCc1nc(CS(=O)(=O)c2ccccc2)sc1C(C)N. The molecule has 1 aromatic heterocycles. The Bertz CT molecular complexity index is 676. The van der Waals surface area contributed by atoms with E-state index in [0.717, 1.165) is 17.0 Å². The van der Waals surface area contributed by atoms with Gasteiger partial charge in [0, 0.05) is 10.9 Å². The summed E-state index contributed by atoms with van der Waals surface area (Å²) in [5.74, 6) is -0.0681. The lowest BCUT2D eigenvalue weighted by Crippen LogP contribution is -2.05. The summed E-state index contributed by atoms with van der Waals surface area (Å²) in [4.78, 5) is 5.73. The van der Waals surface area contributed by atoms with E-state index >= 15 is 0 Å². The zero-order valence-electron chi connectivity index (χ0n) is 11.5. The lowest BCUT2D eigenvalue weighted by Gasteiger charge is -2.02. The van der Waals surface area contributed by atoms with Gasteiger partial charge in [-0.25, -0.2) is 13.4 Å². The molecule has 0 aliphatic heterocycles. The number of nitrogens with two attached hydrogens (primary N) is 1. The standard InChI is InChI=1S/C14H18N2O2S2/c1-3-12-14(10(2)15)19-13(16-12)9-20(17,18)11-7-5-4-6-8-11/h4-8,10H,3,9,15H2,1-2H3. The third kappa shape index (κ3) is 3.26. The molecule has 0 amide bonds. The molecule has 0 spiro atoms. The van der Waals surface area contributed by atoms with Crippen LogP contribution in [0.25, 0.3) is 0 Å². The van der Waals surface area contributed by atoms with Crippen LogP contribution in [0.1, 0.15) is 35.5 Å². The third-order valence-corrected chi connectivity index (χ3v) is 6.06. The largest absolute Gasteiger partial charge is 0.323 e.